The molecule has 14 heteroatoms. The van der Waals surface area contributed by atoms with Crippen LogP contribution in [0.25, 0.3) is 0 Å². The summed E-state index contributed by atoms with van der Waals surface area (Å²) in [6.07, 6.45) is -2.36. The van der Waals surface area contributed by atoms with E-state index in [1.807, 2.05) is 19.1 Å². The molecule has 2 heterocycles. The maximum Gasteiger partial charge on any atom is 0.335 e. The summed E-state index contributed by atoms with van der Waals surface area (Å²) in [4.78, 5) is 23.6. The highest BCUT2D eigenvalue weighted by Crippen LogP contribution is 2.44. The maximum atomic E-state index is 10.2. The van der Waals surface area contributed by atoms with Gasteiger partial charge in [-0.25, -0.2) is 14.8 Å². The smallest absolute Gasteiger partial charge is 0.335 e. The Morgan fingerprint density at radius 1 is 1.02 bits per heavy atom. The highest BCUT2D eigenvalue weighted by atomic mass is 16.5. The van der Waals surface area contributed by atoms with Crippen LogP contribution in [0, 0.1) is 0 Å². The highest BCUT2D eigenvalue weighted by molar-refractivity contribution is 6.14. The molecule has 0 spiro atoms. The van der Waals surface area contributed by atoms with Gasteiger partial charge in [0.15, 0.2) is 17.6 Å². The molecule has 2 aliphatic rings. The molecule has 0 amide bonds. The van der Waals surface area contributed by atoms with E-state index in [1.54, 1.807) is 26.6 Å². The predicted molar refractivity (Wildman–Crippen MR) is 144 cm³/mol. The van der Waals surface area contributed by atoms with E-state index < -0.39 is 37.0 Å². The molecule has 2 aromatic rings. The van der Waals surface area contributed by atoms with Crippen molar-refractivity contribution in [3.05, 3.63) is 41.2 Å². The molecule has 0 unspecified atom stereocenters. The number of benzene rings is 1. The zero-order valence-electron chi connectivity index (χ0n) is 23.0. The normalized spacial score (nSPS) is 22.4. The summed E-state index contributed by atoms with van der Waals surface area (Å²) in [6.45, 7) is 1.66. The fourth-order valence-electron chi connectivity index (χ4n) is 4.81. The van der Waals surface area contributed by atoms with Crippen LogP contribution in [-0.4, -0.2) is 121 Å². The number of aliphatic hydroxyl groups is 6. The summed E-state index contributed by atoms with van der Waals surface area (Å²) in [5.74, 6) is -0.184. The summed E-state index contributed by atoms with van der Waals surface area (Å²) in [5.41, 5.74) is 3.78. The van der Waals surface area contributed by atoms with Crippen LogP contribution in [0.4, 0.5) is 0 Å². The molecular formula is C27H37N3O11. The largest absolute Gasteiger partial charge is 0.493 e. The van der Waals surface area contributed by atoms with Crippen molar-refractivity contribution in [1.82, 2.24) is 9.97 Å². The van der Waals surface area contributed by atoms with Gasteiger partial charge in [-0.3, -0.25) is 4.99 Å². The minimum atomic E-state index is -2.20. The monoisotopic (exact) mass is 579 g/mol. The van der Waals surface area contributed by atoms with Crippen molar-refractivity contribution in [2.24, 2.45) is 4.99 Å². The van der Waals surface area contributed by atoms with Crippen LogP contribution >= 0.6 is 0 Å². The molecule has 0 saturated heterocycles. The molecular weight excluding hydrogens is 542 g/mol. The van der Waals surface area contributed by atoms with Gasteiger partial charge in [-0.1, -0.05) is 0 Å². The Labute approximate surface area is 236 Å². The number of aliphatic hydroxyl groups excluding tert-OH is 6. The number of hydrogen-bond acceptors (Lipinski definition) is 13. The molecule has 4 rings (SSSR count). The Hall–Kier alpha value is -3.40. The predicted octanol–water partition coefficient (Wildman–Crippen LogP) is -0.753. The lowest BCUT2D eigenvalue weighted by Gasteiger charge is -2.37. The maximum absolute atomic E-state index is 10.2. The van der Waals surface area contributed by atoms with Crippen LogP contribution in [0.3, 0.4) is 0 Å². The van der Waals surface area contributed by atoms with Gasteiger partial charge in [0.25, 0.3) is 0 Å². The number of aliphatic imine (C=N–C) groups is 1. The SMILES string of the molecule is CCOc1cc2c(cc1OC)C(c1cnc(OC)nc1)=N[C@@H]1CC[C@@H](O)C[C@H]21.O=C(O)[C@H](O)[C@@H](O)[C@H](O)[C@H](O)CO. The first-order chi connectivity index (χ1) is 19.6. The van der Waals surface area contributed by atoms with E-state index in [9.17, 15) is 9.90 Å². The van der Waals surface area contributed by atoms with Gasteiger partial charge in [-0.2, -0.15) is 0 Å². The van der Waals surface area contributed by atoms with Crippen molar-refractivity contribution < 1.29 is 54.8 Å². The van der Waals surface area contributed by atoms with Gasteiger partial charge in [-0.15, -0.1) is 0 Å². The lowest BCUT2D eigenvalue weighted by Crippen LogP contribution is -2.48. The van der Waals surface area contributed by atoms with E-state index >= 15 is 0 Å². The zero-order chi connectivity index (χ0) is 30.3. The number of aliphatic carboxylic acids is 1. The lowest BCUT2D eigenvalue weighted by atomic mass is 9.74. The number of aromatic nitrogens is 2. The molecule has 1 aromatic heterocycles. The number of carboxylic acids is 1. The number of carbonyl (C=O) groups is 1. The minimum Gasteiger partial charge on any atom is -0.493 e. The average Bonchev–Trinajstić information content (AvgIpc) is 2.99. The first-order valence-corrected chi connectivity index (χ1v) is 13.1. The Bertz CT molecular complexity index is 1190. The van der Waals surface area contributed by atoms with Gasteiger partial charge < -0.3 is 50.0 Å². The third-order valence-corrected chi connectivity index (χ3v) is 6.96. The van der Waals surface area contributed by atoms with Crippen LogP contribution in [0.1, 0.15) is 48.8 Å². The van der Waals surface area contributed by atoms with Gasteiger partial charge in [-0.05, 0) is 43.9 Å². The van der Waals surface area contributed by atoms with E-state index in [0.717, 1.165) is 41.0 Å². The second kappa shape index (κ2) is 14.5. The molecule has 0 radical (unpaired) electrons. The second-order valence-electron chi connectivity index (χ2n) is 9.61. The van der Waals surface area contributed by atoms with Crippen molar-refractivity contribution in [3.8, 4) is 17.5 Å². The molecule has 0 bridgehead atoms. The minimum absolute atomic E-state index is 0.121. The number of ether oxygens (including phenoxy) is 3. The topological polar surface area (TPSA) is 225 Å². The molecule has 1 aliphatic heterocycles. The van der Waals surface area contributed by atoms with Crippen molar-refractivity contribution in [3.63, 3.8) is 0 Å². The van der Waals surface area contributed by atoms with Gasteiger partial charge in [0, 0.05) is 29.4 Å². The van der Waals surface area contributed by atoms with Crippen molar-refractivity contribution in [2.75, 3.05) is 27.4 Å². The Morgan fingerprint density at radius 2 is 1.71 bits per heavy atom. The van der Waals surface area contributed by atoms with Crippen LogP contribution in [-0.2, 0) is 4.79 Å². The summed E-state index contributed by atoms with van der Waals surface area (Å²) in [6, 6.07) is 4.46. The van der Waals surface area contributed by atoms with Crippen LogP contribution in [0.2, 0.25) is 0 Å². The van der Waals surface area contributed by atoms with Crippen molar-refractivity contribution in [2.45, 2.75) is 68.7 Å². The van der Waals surface area contributed by atoms with Gasteiger partial charge in [0.2, 0.25) is 0 Å². The number of rotatable bonds is 10. The molecule has 41 heavy (non-hydrogen) atoms. The number of hydrogen-bond donors (Lipinski definition) is 7. The van der Waals surface area contributed by atoms with E-state index in [2.05, 4.69) is 9.97 Å². The molecule has 1 aromatic carbocycles. The molecule has 14 nitrogen and oxygen atoms in total. The van der Waals surface area contributed by atoms with Crippen LogP contribution in [0.15, 0.2) is 29.5 Å². The van der Waals surface area contributed by atoms with E-state index in [4.69, 9.17) is 49.8 Å². The standard InChI is InChI=1S/C21H25N3O4.C6H12O7/c1-4-28-19-8-14-15-7-13(25)5-6-17(15)24-20(16(14)9-18(19)26-2)12-10-22-21(27-3)23-11-12;7-1-2(8)3(9)4(10)5(11)6(12)13/h8-11,13,15,17,25H,4-7H2,1-3H3;2-5,7-11H,1H2,(H,12,13)/t13-,15-,17-;2-,3-,4+,5-/m11/s1. The van der Waals surface area contributed by atoms with E-state index in [0.29, 0.717) is 24.8 Å². The first-order valence-electron chi connectivity index (χ1n) is 13.1. The van der Waals surface area contributed by atoms with E-state index in [-0.39, 0.29) is 18.1 Å². The fourth-order valence-corrected chi connectivity index (χ4v) is 4.81. The molecule has 7 atom stereocenters. The number of methoxy groups -OCH3 is 2. The average molecular weight is 580 g/mol. The molecule has 226 valence electrons. The quantitative estimate of drug-likeness (QED) is 0.184. The summed E-state index contributed by atoms with van der Waals surface area (Å²) in [7, 11) is 3.17. The number of carboxylic acid groups (broad SMARTS) is 1. The molecule has 1 saturated carbocycles. The third kappa shape index (κ3) is 7.47. The van der Waals surface area contributed by atoms with Gasteiger partial charge in [0.1, 0.15) is 18.3 Å². The summed E-state index contributed by atoms with van der Waals surface area (Å²) >= 11 is 0. The fraction of sp³-hybridized carbons (Fsp3) is 0.556. The zero-order valence-corrected chi connectivity index (χ0v) is 23.0. The molecule has 7 N–H and O–H groups in total. The Balaban J connectivity index is 0.000000302. The summed E-state index contributed by atoms with van der Waals surface area (Å²) < 4.78 is 16.4. The highest BCUT2D eigenvalue weighted by Gasteiger charge is 2.37. The van der Waals surface area contributed by atoms with Crippen LogP contribution in [0.5, 0.6) is 17.5 Å². The number of fused-ring (bicyclic) bond motifs is 3. The van der Waals surface area contributed by atoms with Crippen molar-refractivity contribution in [1.29, 1.82) is 0 Å². The Morgan fingerprint density at radius 3 is 2.27 bits per heavy atom. The van der Waals surface area contributed by atoms with Gasteiger partial charge in [0.05, 0.1) is 45.3 Å². The molecule has 1 fully saturated rings. The summed E-state index contributed by atoms with van der Waals surface area (Å²) in [5, 5.41) is 62.1. The first kappa shape index (κ1) is 32.1. The van der Waals surface area contributed by atoms with E-state index in [1.165, 1.54) is 0 Å². The van der Waals surface area contributed by atoms with Crippen LogP contribution < -0.4 is 14.2 Å². The van der Waals surface area contributed by atoms with Crippen molar-refractivity contribution >= 4 is 11.7 Å². The van der Waals surface area contributed by atoms with Gasteiger partial charge >= 0.3 is 12.0 Å². The molecule has 1 aliphatic carbocycles. The Kier molecular flexibility index (Phi) is 11.3. The second-order valence-corrected chi connectivity index (χ2v) is 9.61. The number of nitrogens with zero attached hydrogens (tertiary/aromatic N) is 3. The third-order valence-electron chi connectivity index (χ3n) is 6.96. The lowest BCUT2D eigenvalue weighted by molar-refractivity contribution is -0.164.